The third kappa shape index (κ3) is 2.03. The molecule has 17 heavy (non-hydrogen) atoms. The highest BCUT2D eigenvalue weighted by Gasteiger charge is 2.14. The number of nitrogens with zero attached hydrogens (tertiary/aromatic N) is 2. The molecule has 0 saturated carbocycles. The van der Waals surface area contributed by atoms with E-state index in [1.807, 2.05) is 49.0 Å². The number of hydrogen-bond donors (Lipinski definition) is 0. The van der Waals surface area contributed by atoms with Crippen LogP contribution in [0.1, 0.15) is 18.7 Å². The number of para-hydroxylation sites is 1. The summed E-state index contributed by atoms with van der Waals surface area (Å²) in [6.45, 7) is 1.92. The van der Waals surface area contributed by atoms with Gasteiger partial charge in [-0.2, -0.15) is 0 Å². The van der Waals surface area contributed by atoms with Gasteiger partial charge in [0.15, 0.2) is 0 Å². The van der Waals surface area contributed by atoms with Crippen LogP contribution in [-0.4, -0.2) is 16.5 Å². The molecule has 2 rings (SSSR count). The molecule has 1 aromatic heterocycles. The lowest BCUT2D eigenvalue weighted by molar-refractivity contribution is 0.112. The summed E-state index contributed by atoms with van der Waals surface area (Å²) < 4.78 is 8.70. The Morgan fingerprint density at radius 1 is 1.24 bits per heavy atom. The number of methoxy groups -OCH3 is 1. The van der Waals surface area contributed by atoms with Gasteiger partial charge in [-0.05, 0) is 19.1 Å². The predicted octanol–water partition coefficient (Wildman–Crippen LogP) is 1.88. The van der Waals surface area contributed by atoms with Crippen molar-refractivity contribution in [2.24, 2.45) is 7.05 Å². The monoisotopic (exact) mass is 232 g/mol. The third-order valence-corrected chi connectivity index (χ3v) is 2.92. The first-order valence-corrected chi connectivity index (χ1v) is 5.52. The van der Waals surface area contributed by atoms with Gasteiger partial charge in [-0.3, -0.25) is 9.48 Å². The van der Waals surface area contributed by atoms with Gasteiger partial charge in [-0.15, -0.1) is 0 Å². The SMILES string of the molecule is COC(C)c1cc(=O)n(-c2ccccc2)n1C. The summed E-state index contributed by atoms with van der Waals surface area (Å²) in [7, 11) is 3.49. The molecule has 1 aromatic carbocycles. The van der Waals surface area contributed by atoms with Crippen LogP contribution in [0.2, 0.25) is 0 Å². The Bertz CT molecular complexity index is 555. The summed E-state index contributed by atoms with van der Waals surface area (Å²) in [4.78, 5) is 12.0. The Balaban J connectivity index is 2.57. The lowest BCUT2D eigenvalue weighted by atomic mass is 10.3. The van der Waals surface area contributed by atoms with Crippen LogP contribution < -0.4 is 5.56 Å². The first kappa shape index (κ1) is 11.7. The van der Waals surface area contributed by atoms with E-state index in [0.717, 1.165) is 11.4 Å². The molecule has 0 radical (unpaired) electrons. The molecule has 0 saturated heterocycles. The van der Waals surface area contributed by atoms with E-state index in [0.29, 0.717) is 0 Å². The fraction of sp³-hybridized carbons (Fsp3) is 0.308. The Morgan fingerprint density at radius 2 is 1.88 bits per heavy atom. The summed E-state index contributed by atoms with van der Waals surface area (Å²) in [5, 5.41) is 0. The highest BCUT2D eigenvalue weighted by molar-refractivity contribution is 5.31. The van der Waals surface area contributed by atoms with E-state index in [2.05, 4.69) is 0 Å². The lowest BCUT2D eigenvalue weighted by Crippen LogP contribution is -2.19. The highest BCUT2D eigenvalue weighted by Crippen LogP contribution is 2.15. The number of aromatic nitrogens is 2. The minimum absolute atomic E-state index is 0.0439. The van der Waals surface area contributed by atoms with Crippen molar-refractivity contribution >= 4 is 0 Å². The van der Waals surface area contributed by atoms with E-state index in [-0.39, 0.29) is 11.7 Å². The average molecular weight is 232 g/mol. The van der Waals surface area contributed by atoms with Crippen LogP contribution in [0, 0.1) is 0 Å². The number of rotatable bonds is 3. The third-order valence-electron chi connectivity index (χ3n) is 2.92. The van der Waals surface area contributed by atoms with E-state index in [1.54, 1.807) is 17.9 Å². The molecule has 1 heterocycles. The summed E-state index contributed by atoms with van der Waals surface area (Å²) in [5.41, 5.74) is 1.67. The zero-order valence-electron chi connectivity index (χ0n) is 10.3. The topological polar surface area (TPSA) is 36.2 Å². The van der Waals surface area contributed by atoms with Crippen LogP contribution in [-0.2, 0) is 11.8 Å². The maximum atomic E-state index is 12.0. The fourth-order valence-corrected chi connectivity index (χ4v) is 1.92. The van der Waals surface area contributed by atoms with E-state index in [4.69, 9.17) is 4.74 Å². The molecule has 0 aliphatic heterocycles. The van der Waals surface area contributed by atoms with Gasteiger partial charge in [0.05, 0.1) is 17.5 Å². The smallest absolute Gasteiger partial charge is 0.271 e. The van der Waals surface area contributed by atoms with Crippen molar-refractivity contribution in [2.75, 3.05) is 7.11 Å². The normalized spacial score (nSPS) is 12.6. The van der Waals surface area contributed by atoms with E-state index in [1.165, 1.54) is 0 Å². The van der Waals surface area contributed by atoms with Crippen LogP contribution in [0.15, 0.2) is 41.2 Å². The molecule has 4 nitrogen and oxygen atoms in total. The van der Waals surface area contributed by atoms with Gasteiger partial charge >= 0.3 is 0 Å². The second-order valence-corrected chi connectivity index (χ2v) is 3.96. The minimum atomic E-state index is -0.0994. The van der Waals surface area contributed by atoms with E-state index >= 15 is 0 Å². The average Bonchev–Trinajstić information content (AvgIpc) is 2.65. The highest BCUT2D eigenvalue weighted by atomic mass is 16.5. The Morgan fingerprint density at radius 3 is 2.47 bits per heavy atom. The van der Waals surface area contributed by atoms with Crippen LogP contribution in [0.25, 0.3) is 5.69 Å². The van der Waals surface area contributed by atoms with Crippen LogP contribution in [0.3, 0.4) is 0 Å². The van der Waals surface area contributed by atoms with Crippen LogP contribution in [0.4, 0.5) is 0 Å². The first-order valence-electron chi connectivity index (χ1n) is 5.52. The lowest BCUT2D eigenvalue weighted by Gasteiger charge is -2.13. The van der Waals surface area contributed by atoms with Gasteiger partial charge in [0.25, 0.3) is 5.56 Å². The summed E-state index contributed by atoms with van der Waals surface area (Å²) in [5.74, 6) is 0. The molecule has 0 amide bonds. The quantitative estimate of drug-likeness (QED) is 0.810. The summed E-state index contributed by atoms with van der Waals surface area (Å²) in [6, 6.07) is 11.2. The molecular weight excluding hydrogens is 216 g/mol. The largest absolute Gasteiger partial charge is 0.375 e. The molecule has 0 bridgehead atoms. The zero-order valence-corrected chi connectivity index (χ0v) is 10.3. The van der Waals surface area contributed by atoms with Gasteiger partial charge in [0.2, 0.25) is 0 Å². The van der Waals surface area contributed by atoms with E-state index in [9.17, 15) is 4.79 Å². The molecule has 0 aliphatic rings. The van der Waals surface area contributed by atoms with Gasteiger partial charge in [0.1, 0.15) is 0 Å². The maximum Gasteiger partial charge on any atom is 0.271 e. The fourth-order valence-electron chi connectivity index (χ4n) is 1.92. The van der Waals surface area contributed by atoms with Gasteiger partial charge in [-0.1, -0.05) is 18.2 Å². The van der Waals surface area contributed by atoms with Crippen molar-refractivity contribution < 1.29 is 4.74 Å². The van der Waals surface area contributed by atoms with Gasteiger partial charge < -0.3 is 4.74 Å². The van der Waals surface area contributed by atoms with Crippen molar-refractivity contribution in [3.05, 3.63) is 52.4 Å². The Labute approximate surface area is 100 Å². The minimum Gasteiger partial charge on any atom is -0.375 e. The van der Waals surface area contributed by atoms with Crippen molar-refractivity contribution in [1.82, 2.24) is 9.36 Å². The molecule has 0 fully saturated rings. The van der Waals surface area contributed by atoms with Crippen LogP contribution in [0.5, 0.6) is 0 Å². The molecule has 0 N–H and O–H groups in total. The second kappa shape index (κ2) is 4.59. The van der Waals surface area contributed by atoms with Gasteiger partial charge in [-0.25, -0.2) is 4.68 Å². The van der Waals surface area contributed by atoms with Crippen molar-refractivity contribution in [3.8, 4) is 5.69 Å². The number of benzene rings is 1. The van der Waals surface area contributed by atoms with Crippen LogP contribution >= 0.6 is 0 Å². The first-order chi connectivity index (χ1) is 8.15. The zero-order chi connectivity index (χ0) is 12.4. The second-order valence-electron chi connectivity index (χ2n) is 3.96. The molecule has 4 heteroatoms. The van der Waals surface area contributed by atoms with Gasteiger partial charge in [0, 0.05) is 20.2 Å². The standard InChI is InChI=1S/C13H16N2O2/c1-10(17-3)12-9-13(16)15(14(12)2)11-7-5-4-6-8-11/h4-10H,1-3H3. The summed E-state index contributed by atoms with van der Waals surface area (Å²) >= 11 is 0. The van der Waals surface area contributed by atoms with Crippen molar-refractivity contribution in [2.45, 2.75) is 13.0 Å². The molecular formula is C13H16N2O2. The Hall–Kier alpha value is -1.81. The van der Waals surface area contributed by atoms with E-state index < -0.39 is 0 Å². The maximum absolute atomic E-state index is 12.0. The number of hydrogen-bond acceptors (Lipinski definition) is 2. The Kier molecular flexibility index (Phi) is 3.15. The molecule has 2 aromatic rings. The van der Waals surface area contributed by atoms with Crippen molar-refractivity contribution in [3.63, 3.8) is 0 Å². The molecule has 1 atom stereocenters. The summed E-state index contributed by atoms with van der Waals surface area (Å²) in [6.07, 6.45) is -0.0994. The molecule has 0 aliphatic carbocycles. The van der Waals surface area contributed by atoms with Crippen molar-refractivity contribution in [1.29, 1.82) is 0 Å². The molecule has 1 unspecified atom stereocenters. The number of ether oxygens (including phenoxy) is 1. The molecule has 90 valence electrons. The molecule has 0 spiro atoms. The predicted molar refractivity (Wildman–Crippen MR) is 66.4 cm³/mol.